The van der Waals surface area contributed by atoms with Gasteiger partial charge in [0.25, 0.3) is 6.01 Å². The van der Waals surface area contributed by atoms with E-state index in [-0.39, 0.29) is 5.82 Å². The molecule has 1 aromatic heterocycles. The summed E-state index contributed by atoms with van der Waals surface area (Å²) in [6.45, 7) is 0. The van der Waals surface area contributed by atoms with Crippen molar-refractivity contribution in [1.29, 1.82) is 0 Å². The third-order valence-electron chi connectivity index (χ3n) is 2.74. The summed E-state index contributed by atoms with van der Waals surface area (Å²) in [6.07, 6.45) is 1.52. The molecule has 0 spiro atoms. The SMILES string of the molecule is Fc1ccc(-c2coc(Nc3ccc(Cl)cc3)n2)cc1. The first kappa shape index (κ1) is 12.7. The molecule has 0 radical (unpaired) electrons. The van der Waals surface area contributed by atoms with Crippen LogP contribution in [-0.2, 0) is 0 Å². The molecule has 0 atom stereocenters. The van der Waals surface area contributed by atoms with Gasteiger partial charge in [-0.25, -0.2) is 4.39 Å². The van der Waals surface area contributed by atoms with Crippen molar-refractivity contribution in [3.8, 4) is 11.3 Å². The predicted molar refractivity (Wildman–Crippen MR) is 76.6 cm³/mol. The van der Waals surface area contributed by atoms with Crippen molar-refractivity contribution in [1.82, 2.24) is 4.98 Å². The fraction of sp³-hybridized carbons (Fsp3) is 0. The second-order valence-electron chi connectivity index (χ2n) is 4.18. The minimum absolute atomic E-state index is 0.281. The molecule has 20 heavy (non-hydrogen) atoms. The van der Waals surface area contributed by atoms with Gasteiger partial charge < -0.3 is 9.73 Å². The maximum atomic E-state index is 12.9. The minimum Gasteiger partial charge on any atom is -0.431 e. The van der Waals surface area contributed by atoms with Crippen LogP contribution in [0.5, 0.6) is 0 Å². The Balaban J connectivity index is 1.80. The standard InChI is InChI=1S/C15H10ClFN2O/c16-11-3-7-13(8-4-11)18-15-19-14(9-20-15)10-1-5-12(17)6-2-10/h1-9H,(H,18,19). The number of benzene rings is 2. The quantitative estimate of drug-likeness (QED) is 0.746. The van der Waals surface area contributed by atoms with Crippen molar-refractivity contribution in [3.63, 3.8) is 0 Å². The van der Waals surface area contributed by atoms with Crippen LogP contribution in [0.25, 0.3) is 11.3 Å². The molecule has 0 aliphatic carbocycles. The number of halogens is 2. The number of hydrogen-bond donors (Lipinski definition) is 1. The van der Waals surface area contributed by atoms with Gasteiger partial charge in [-0.3, -0.25) is 0 Å². The second kappa shape index (κ2) is 5.35. The van der Waals surface area contributed by atoms with Gasteiger partial charge in [0.1, 0.15) is 17.8 Å². The Kier molecular flexibility index (Phi) is 3.39. The van der Waals surface area contributed by atoms with Crippen molar-refractivity contribution in [3.05, 3.63) is 65.6 Å². The number of hydrogen-bond acceptors (Lipinski definition) is 3. The molecular formula is C15H10ClFN2O. The van der Waals surface area contributed by atoms with Crippen LogP contribution in [-0.4, -0.2) is 4.98 Å². The number of anilines is 2. The second-order valence-corrected chi connectivity index (χ2v) is 4.61. The molecule has 1 heterocycles. The van der Waals surface area contributed by atoms with E-state index in [1.54, 1.807) is 24.3 Å². The first-order valence-corrected chi connectivity index (χ1v) is 6.32. The third kappa shape index (κ3) is 2.81. The van der Waals surface area contributed by atoms with Crippen molar-refractivity contribution in [2.24, 2.45) is 0 Å². The Morgan fingerprint density at radius 2 is 1.70 bits per heavy atom. The Morgan fingerprint density at radius 1 is 1.00 bits per heavy atom. The van der Waals surface area contributed by atoms with E-state index >= 15 is 0 Å². The maximum absolute atomic E-state index is 12.9. The first-order chi connectivity index (χ1) is 9.70. The topological polar surface area (TPSA) is 38.1 Å². The summed E-state index contributed by atoms with van der Waals surface area (Å²) >= 11 is 5.81. The fourth-order valence-corrected chi connectivity index (χ4v) is 1.87. The van der Waals surface area contributed by atoms with E-state index < -0.39 is 0 Å². The number of nitrogens with zero attached hydrogens (tertiary/aromatic N) is 1. The van der Waals surface area contributed by atoms with E-state index in [2.05, 4.69) is 10.3 Å². The summed E-state index contributed by atoms with van der Waals surface area (Å²) < 4.78 is 18.2. The summed E-state index contributed by atoms with van der Waals surface area (Å²) in [5, 5.41) is 3.68. The molecule has 0 unspecified atom stereocenters. The molecule has 3 rings (SSSR count). The highest BCUT2D eigenvalue weighted by Gasteiger charge is 2.06. The molecule has 1 N–H and O–H groups in total. The van der Waals surface area contributed by atoms with Crippen molar-refractivity contribution in [2.75, 3.05) is 5.32 Å². The van der Waals surface area contributed by atoms with Gasteiger partial charge in [0.05, 0.1) is 0 Å². The van der Waals surface area contributed by atoms with Gasteiger partial charge in [-0.05, 0) is 48.5 Å². The van der Waals surface area contributed by atoms with Gasteiger partial charge in [-0.15, -0.1) is 0 Å². The van der Waals surface area contributed by atoms with Crippen molar-refractivity contribution >= 4 is 23.3 Å². The zero-order valence-electron chi connectivity index (χ0n) is 10.3. The molecule has 0 amide bonds. The number of aromatic nitrogens is 1. The zero-order chi connectivity index (χ0) is 13.9. The summed E-state index contributed by atoms with van der Waals surface area (Å²) in [5.41, 5.74) is 2.25. The highest BCUT2D eigenvalue weighted by atomic mass is 35.5. The monoisotopic (exact) mass is 288 g/mol. The molecule has 5 heteroatoms. The minimum atomic E-state index is -0.281. The van der Waals surface area contributed by atoms with Gasteiger partial charge >= 0.3 is 0 Å². The lowest BCUT2D eigenvalue weighted by Gasteiger charge is -2.00. The lowest BCUT2D eigenvalue weighted by atomic mass is 10.2. The Labute approximate surface area is 120 Å². The summed E-state index contributed by atoms with van der Waals surface area (Å²) in [7, 11) is 0. The Bertz CT molecular complexity index is 707. The molecule has 0 fully saturated rings. The van der Waals surface area contributed by atoms with Crippen LogP contribution in [0.3, 0.4) is 0 Å². The van der Waals surface area contributed by atoms with Crippen LogP contribution in [0.15, 0.2) is 59.2 Å². The summed E-state index contributed by atoms with van der Waals surface area (Å²) in [6, 6.07) is 13.6. The maximum Gasteiger partial charge on any atom is 0.299 e. The summed E-state index contributed by atoms with van der Waals surface area (Å²) in [4.78, 5) is 4.29. The van der Waals surface area contributed by atoms with E-state index in [1.165, 1.54) is 18.4 Å². The molecule has 0 aliphatic rings. The molecule has 3 nitrogen and oxygen atoms in total. The van der Waals surface area contributed by atoms with Crippen LogP contribution in [0.2, 0.25) is 5.02 Å². The van der Waals surface area contributed by atoms with Crippen LogP contribution in [0, 0.1) is 5.82 Å². The highest BCUT2D eigenvalue weighted by Crippen LogP contribution is 2.23. The lowest BCUT2D eigenvalue weighted by molar-refractivity contribution is 0.578. The average Bonchev–Trinajstić information content (AvgIpc) is 2.91. The zero-order valence-corrected chi connectivity index (χ0v) is 11.1. The van der Waals surface area contributed by atoms with Crippen molar-refractivity contribution < 1.29 is 8.81 Å². The molecular weight excluding hydrogens is 279 g/mol. The predicted octanol–water partition coefficient (Wildman–Crippen LogP) is 4.88. The Hall–Kier alpha value is -2.33. The molecule has 3 aromatic rings. The molecule has 2 aromatic carbocycles. The summed E-state index contributed by atoms with van der Waals surface area (Å²) in [5.74, 6) is -0.281. The number of rotatable bonds is 3. The first-order valence-electron chi connectivity index (χ1n) is 5.95. The highest BCUT2D eigenvalue weighted by molar-refractivity contribution is 6.30. The number of oxazole rings is 1. The van der Waals surface area contributed by atoms with Crippen LogP contribution < -0.4 is 5.32 Å². The molecule has 0 saturated carbocycles. The van der Waals surface area contributed by atoms with E-state index in [0.29, 0.717) is 16.7 Å². The smallest absolute Gasteiger partial charge is 0.299 e. The van der Waals surface area contributed by atoms with Gasteiger partial charge in [-0.1, -0.05) is 11.6 Å². The number of nitrogens with one attached hydrogen (secondary N) is 1. The van der Waals surface area contributed by atoms with E-state index in [9.17, 15) is 4.39 Å². The van der Waals surface area contributed by atoms with Crippen molar-refractivity contribution in [2.45, 2.75) is 0 Å². The largest absolute Gasteiger partial charge is 0.431 e. The third-order valence-corrected chi connectivity index (χ3v) is 2.99. The van der Waals surface area contributed by atoms with Crippen LogP contribution in [0.1, 0.15) is 0 Å². The fourth-order valence-electron chi connectivity index (χ4n) is 1.74. The average molecular weight is 289 g/mol. The van der Waals surface area contributed by atoms with Crippen LogP contribution >= 0.6 is 11.6 Å². The van der Waals surface area contributed by atoms with Gasteiger partial charge in [0, 0.05) is 16.3 Å². The van der Waals surface area contributed by atoms with E-state index in [1.807, 2.05) is 12.1 Å². The van der Waals surface area contributed by atoms with E-state index in [0.717, 1.165) is 11.3 Å². The molecule has 0 aliphatic heterocycles. The molecule has 100 valence electrons. The Morgan fingerprint density at radius 3 is 2.40 bits per heavy atom. The van der Waals surface area contributed by atoms with Gasteiger partial charge in [-0.2, -0.15) is 4.98 Å². The molecule has 0 bridgehead atoms. The lowest BCUT2D eigenvalue weighted by Crippen LogP contribution is -1.89. The van der Waals surface area contributed by atoms with E-state index in [4.69, 9.17) is 16.0 Å². The molecule has 0 saturated heterocycles. The van der Waals surface area contributed by atoms with Gasteiger partial charge in [0.2, 0.25) is 0 Å². The van der Waals surface area contributed by atoms with Crippen LogP contribution in [0.4, 0.5) is 16.1 Å². The normalized spacial score (nSPS) is 10.5. The van der Waals surface area contributed by atoms with Gasteiger partial charge in [0.15, 0.2) is 0 Å².